The number of hydrogen-bond donors (Lipinski definition) is 1. The van der Waals surface area contributed by atoms with Gasteiger partial charge in [-0.1, -0.05) is 0 Å². The lowest BCUT2D eigenvalue weighted by molar-refractivity contribution is -0.195. The lowest BCUT2D eigenvalue weighted by Gasteiger charge is -2.45. The molecule has 0 aliphatic carbocycles. The van der Waals surface area contributed by atoms with E-state index in [1.807, 2.05) is 7.05 Å². The lowest BCUT2D eigenvalue weighted by Crippen LogP contribution is -2.63. The summed E-state index contributed by atoms with van der Waals surface area (Å²) in [4.78, 5) is 3.79. The zero-order valence-corrected chi connectivity index (χ0v) is 10.1. The normalized spacial score (nSPS) is 33.9. The molecule has 2 rings (SSSR count). The second-order valence-electron chi connectivity index (χ2n) is 5.06. The van der Waals surface area contributed by atoms with Crippen molar-refractivity contribution in [1.82, 2.24) is 15.1 Å². The third kappa shape index (κ3) is 3.11. The molecule has 17 heavy (non-hydrogen) atoms. The molecule has 0 amide bonds. The van der Waals surface area contributed by atoms with Gasteiger partial charge in [-0.05, 0) is 26.4 Å². The molecule has 0 aromatic heterocycles. The molecule has 2 unspecified atom stereocenters. The van der Waals surface area contributed by atoms with E-state index in [0.717, 1.165) is 25.9 Å². The first-order valence-electron chi connectivity index (χ1n) is 6.20. The van der Waals surface area contributed by atoms with Crippen LogP contribution in [0, 0.1) is 0 Å². The largest absolute Gasteiger partial charge is 0.405 e. The Hall–Kier alpha value is -0.330. The number of halogens is 3. The van der Waals surface area contributed by atoms with E-state index in [9.17, 15) is 13.2 Å². The molecule has 2 atom stereocenters. The van der Waals surface area contributed by atoms with Gasteiger partial charge >= 0.3 is 6.18 Å². The molecule has 6 heteroatoms. The van der Waals surface area contributed by atoms with Gasteiger partial charge in [-0.3, -0.25) is 4.90 Å². The van der Waals surface area contributed by atoms with Gasteiger partial charge in [-0.15, -0.1) is 0 Å². The van der Waals surface area contributed by atoms with Crippen molar-refractivity contribution < 1.29 is 13.2 Å². The highest BCUT2D eigenvalue weighted by Crippen LogP contribution is 2.29. The Balaban J connectivity index is 2.05. The third-order valence-corrected chi connectivity index (χ3v) is 3.73. The summed E-state index contributed by atoms with van der Waals surface area (Å²) >= 11 is 0. The van der Waals surface area contributed by atoms with Gasteiger partial charge in [0.2, 0.25) is 0 Å². The summed E-state index contributed by atoms with van der Waals surface area (Å²) in [5, 5.41) is 2.85. The van der Waals surface area contributed by atoms with Crippen LogP contribution in [-0.2, 0) is 0 Å². The fraction of sp³-hybridized carbons (Fsp3) is 1.00. The average Bonchev–Trinajstić information content (AvgIpc) is 2.28. The van der Waals surface area contributed by atoms with Crippen LogP contribution in [0.15, 0.2) is 0 Å². The molecule has 0 aromatic carbocycles. The van der Waals surface area contributed by atoms with Crippen molar-refractivity contribution in [3.8, 4) is 0 Å². The quantitative estimate of drug-likeness (QED) is 0.747. The second-order valence-corrected chi connectivity index (χ2v) is 5.06. The van der Waals surface area contributed by atoms with Gasteiger partial charge in [-0.2, -0.15) is 13.2 Å². The van der Waals surface area contributed by atoms with Crippen molar-refractivity contribution in [3.05, 3.63) is 0 Å². The van der Waals surface area contributed by atoms with Gasteiger partial charge in [-0.25, -0.2) is 0 Å². The van der Waals surface area contributed by atoms with Gasteiger partial charge in [0.1, 0.15) is 6.04 Å². The third-order valence-electron chi connectivity index (χ3n) is 3.73. The van der Waals surface area contributed by atoms with Crippen LogP contribution in [-0.4, -0.2) is 67.8 Å². The highest BCUT2D eigenvalue weighted by Gasteiger charge is 2.46. The SMILES string of the molecule is CN1CCCC(N2CCNCC2C(F)(F)F)C1. The second kappa shape index (κ2) is 5.12. The van der Waals surface area contributed by atoms with Crippen molar-refractivity contribution in [2.45, 2.75) is 31.1 Å². The van der Waals surface area contributed by atoms with Gasteiger partial charge < -0.3 is 10.2 Å². The molecular formula is C11H20F3N3. The number of nitrogens with zero attached hydrogens (tertiary/aromatic N) is 2. The summed E-state index contributed by atoms with van der Waals surface area (Å²) in [5.41, 5.74) is 0. The number of piperazine rings is 1. The van der Waals surface area contributed by atoms with Crippen molar-refractivity contribution in [3.63, 3.8) is 0 Å². The predicted molar refractivity (Wildman–Crippen MR) is 59.9 cm³/mol. The molecule has 0 radical (unpaired) electrons. The van der Waals surface area contributed by atoms with Crippen LogP contribution in [0.1, 0.15) is 12.8 Å². The zero-order valence-electron chi connectivity index (χ0n) is 10.1. The molecular weight excluding hydrogens is 231 g/mol. The summed E-state index contributed by atoms with van der Waals surface area (Å²) in [6, 6.07) is -1.25. The molecule has 2 aliphatic heterocycles. The van der Waals surface area contributed by atoms with E-state index in [1.54, 1.807) is 4.90 Å². The Labute approximate surface area is 99.9 Å². The Bertz CT molecular complexity index is 257. The molecule has 2 aliphatic rings. The van der Waals surface area contributed by atoms with Crippen LogP contribution in [0.25, 0.3) is 0 Å². The van der Waals surface area contributed by atoms with Crippen LogP contribution >= 0.6 is 0 Å². The first-order valence-corrected chi connectivity index (χ1v) is 6.20. The first-order chi connectivity index (χ1) is 7.98. The standard InChI is InChI=1S/C11H20F3N3/c1-16-5-2-3-9(8-16)17-6-4-15-7-10(17)11(12,13)14/h9-10,15H,2-8H2,1H3. The van der Waals surface area contributed by atoms with Gasteiger partial charge in [0.25, 0.3) is 0 Å². The minimum absolute atomic E-state index is 0.0315. The molecule has 0 bridgehead atoms. The minimum Gasteiger partial charge on any atom is -0.314 e. The van der Waals surface area contributed by atoms with E-state index in [1.165, 1.54) is 0 Å². The Morgan fingerprint density at radius 2 is 2.00 bits per heavy atom. The highest BCUT2D eigenvalue weighted by atomic mass is 19.4. The molecule has 0 spiro atoms. The van der Waals surface area contributed by atoms with Gasteiger partial charge in [0, 0.05) is 32.2 Å². The monoisotopic (exact) mass is 251 g/mol. The molecule has 0 saturated carbocycles. The van der Waals surface area contributed by atoms with E-state index in [-0.39, 0.29) is 12.6 Å². The maximum atomic E-state index is 12.9. The number of hydrogen-bond acceptors (Lipinski definition) is 3. The van der Waals surface area contributed by atoms with Crippen molar-refractivity contribution in [2.75, 3.05) is 39.8 Å². The van der Waals surface area contributed by atoms with Crippen LogP contribution in [0.4, 0.5) is 13.2 Å². The van der Waals surface area contributed by atoms with Crippen LogP contribution in [0.5, 0.6) is 0 Å². The topological polar surface area (TPSA) is 18.5 Å². The fourth-order valence-corrected chi connectivity index (χ4v) is 2.87. The summed E-state index contributed by atoms with van der Waals surface area (Å²) in [7, 11) is 1.98. The number of rotatable bonds is 1. The Kier molecular flexibility index (Phi) is 3.95. The van der Waals surface area contributed by atoms with Crippen molar-refractivity contribution in [2.24, 2.45) is 0 Å². The summed E-state index contributed by atoms with van der Waals surface area (Å²) < 4.78 is 38.8. The summed E-state index contributed by atoms with van der Waals surface area (Å²) in [5.74, 6) is 0. The smallest absolute Gasteiger partial charge is 0.314 e. The van der Waals surface area contributed by atoms with Gasteiger partial charge in [0.15, 0.2) is 0 Å². The molecule has 0 aromatic rings. The summed E-state index contributed by atoms with van der Waals surface area (Å²) in [6.45, 7) is 2.95. The van der Waals surface area contributed by atoms with Crippen molar-refractivity contribution in [1.29, 1.82) is 0 Å². The number of alkyl halides is 3. The van der Waals surface area contributed by atoms with E-state index in [2.05, 4.69) is 10.2 Å². The Morgan fingerprint density at radius 1 is 1.24 bits per heavy atom. The fourth-order valence-electron chi connectivity index (χ4n) is 2.87. The molecule has 2 heterocycles. The zero-order chi connectivity index (χ0) is 12.5. The molecule has 2 saturated heterocycles. The maximum absolute atomic E-state index is 12.9. The molecule has 1 N–H and O–H groups in total. The average molecular weight is 251 g/mol. The lowest BCUT2D eigenvalue weighted by atomic mass is 10.0. The Morgan fingerprint density at radius 3 is 2.65 bits per heavy atom. The maximum Gasteiger partial charge on any atom is 0.405 e. The first kappa shape index (κ1) is 13.1. The van der Waals surface area contributed by atoms with E-state index >= 15 is 0 Å². The predicted octanol–water partition coefficient (Wildman–Crippen LogP) is 0.917. The van der Waals surface area contributed by atoms with Gasteiger partial charge in [0.05, 0.1) is 0 Å². The minimum atomic E-state index is -4.12. The van der Waals surface area contributed by atoms with E-state index < -0.39 is 12.2 Å². The number of nitrogens with one attached hydrogen (secondary N) is 1. The van der Waals surface area contributed by atoms with E-state index in [0.29, 0.717) is 13.1 Å². The molecule has 3 nitrogen and oxygen atoms in total. The summed E-state index contributed by atoms with van der Waals surface area (Å²) in [6.07, 6.45) is -2.24. The van der Waals surface area contributed by atoms with Crippen LogP contribution < -0.4 is 5.32 Å². The number of likely N-dealkylation sites (N-methyl/N-ethyl adjacent to an activating group) is 1. The molecule has 100 valence electrons. The van der Waals surface area contributed by atoms with Crippen LogP contribution in [0.2, 0.25) is 0 Å². The number of piperidine rings is 1. The van der Waals surface area contributed by atoms with Crippen molar-refractivity contribution >= 4 is 0 Å². The molecule has 2 fully saturated rings. The van der Waals surface area contributed by atoms with Crippen LogP contribution in [0.3, 0.4) is 0 Å². The highest BCUT2D eigenvalue weighted by molar-refractivity contribution is 4.91. The number of likely N-dealkylation sites (tertiary alicyclic amines) is 1. The van der Waals surface area contributed by atoms with E-state index in [4.69, 9.17) is 0 Å².